The van der Waals surface area contributed by atoms with Crippen LogP contribution >= 0.6 is 0 Å². The Morgan fingerprint density at radius 3 is 1.29 bits per heavy atom. The second-order valence-electron chi connectivity index (χ2n) is 9.44. The number of hydrogen-bond donors (Lipinski definition) is 0. The molecule has 0 saturated heterocycles. The van der Waals surface area contributed by atoms with E-state index < -0.39 is 0 Å². The van der Waals surface area contributed by atoms with Gasteiger partial charge in [0, 0.05) is 12.8 Å². The first-order chi connectivity index (χ1) is 16.8. The lowest BCUT2D eigenvalue weighted by Crippen LogP contribution is -1.94. The average molecular weight is 443 g/mol. The Kier molecular flexibility index (Phi) is 6.60. The Bertz CT molecular complexity index is 1390. The lowest BCUT2D eigenvalue weighted by atomic mass is 9.86. The third-order valence-electron chi connectivity index (χ3n) is 7.31. The Morgan fingerprint density at radius 1 is 0.441 bits per heavy atom. The zero-order valence-electron chi connectivity index (χ0n) is 19.7. The van der Waals surface area contributed by atoms with Gasteiger partial charge in [-0.2, -0.15) is 10.5 Å². The van der Waals surface area contributed by atoms with Crippen LogP contribution in [0, 0.1) is 22.7 Å². The van der Waals surface area contributed by atoms with Crippen molar-refractivity contribution in [2.45, 2.75) is 64.2 Å². The van der Waals surface area contributed by atoms with Gasteiger partial charge in [0.25, 0.3) is 0 Å². The van der Waals surface area contributed by atoms with Crippen molar-refractivity contribution in [3.05, 3.63) is 71.8 Å². The number of rotatable bonds is 10. The molecule has 0 radical (unpaired) electrons. The number of benzene rings is 5. The summed E-state index contributed by atoms with van der Waals surface area (Å²) in [5.41, 5.74) is 2.84. The zero-order chi connectivity index (χ0) is 23.3. The summed E-state index contributed by atoms with van der Waals surface area (Å²) in [4.78, 5) is 0. The summed E-state index contributed by atoms with van der Waals surface area (Å²) in [7, 11) is 0. The molecule has 5 aromatic rings. The minimum Gasteiger partial charge on any atom is -0.198 e. The van der Waals surface area contributed by atoms with Crippen LogP contribution in [-0.2, 0) is 12.8 Å². The summed E-state index contributed by atoms with van der Waals surface area (Å²) >= 11 is 0. The van der Waals surface area contributed by atoms with Gasteiger partial charge in [-0.15, -0.1) is 0 Å². The molecule has 0 aromatic heterocycles. The van der Waals surface area contributed by atoms with E-state index in [-0.39, 0.29) is 0 Å². The third kappa shape index (κ3) is 4.06. The van der Waals surface area contributed by atoms with E-state index in [2.05, 4.69) is 72.8 Å². The van der Waals surface area contributed by atoms with Crippen molar-refractivity contribution >= 4 is 43.1 Å². The molecule has 34 heavy (non-hydrogen) atoms. The molecular weight excluding hydrogens is 412 g/mol. The van der Waals surface area contributed by atoms with Crippen molar-refractivity contribution in [2.75, 3.05) is 0 Å². The van der Waals surface area contributed by atoms with Crippen LogP contribution < -0.4 is 0 Å². The highest BCUT2D eigenvalue weighted by Crippen LogP contribution is 2.42. The molecule has 168 valence electrons. The van der Waals surface area contributed by atoms with Gasteiger partial charge in [0.2, 0.25) is 0 Å². The van der Waals surface area contributed by atoms with E-state index in [0.29, 0.717) is 12.8 Å². The maximum Gasteiger partial charge on any atom is 0.0621 e. The molecule has 0 spiro atoms. The molecule has 0 aliphatic carbocycles. The van der Waals surface area contributed by atoms with Gasteiger partial charge >= 0.3 is 0 Å². The van der Waals surface area contributed by atoms with Crippen molar-refractivity contribution in [2.24, 2.45) is 0 Å². The molecule has 2 nitrogen and oxygen atoms in total. The van der Waals surface area contributed by atoms with E-state index in [1.807, 2.05) is 0 Å². The maximum atomic E-state index is 8.79. The summed E-state index contributed by atoms with van der Waals surface area (Å²) in [6, 6.07) is 27.4. The summed E-state index contributed by atoms with van der Waals surface area (Å²) in [6.45, 7) is 0. The predicted molar refractivity (Wildman–Crippen MR) is 143 cm³/mol. The summed E-state index contributed by atoms with van der Waals surface area (Å²) in [5.74, 6) is 0. The lowest BCUT2D eigenvalue weighted by Gasteiger charge is -2.18. The van der Waals surface area contributed by atoms with Crippen LogP contribution in [-0.4, -0.2) is 0 Å². The second kappa shape index (κ2) is 10.1. The van der Waals surface area contributed by atoms with Crippen LogP contribution in [0.4, 0.5) is 0 Å². The number of aryl methyl sites for hydroxylation is 2. The van der Waals surface area contributed by atoms with Crippen molar-refractivity contribution < 1.29 is 0 Å². The number of nitrogens with zero attached hydrogens (tertiary/aromatic N) is 2. The normalized spacial score (nSPS) is 11.5. The number of hydrogen-bond acceptors (Lipinski definition) is 2. The van der Waals surface area contributed by atoms with Crippen LogP contribution in [0.15, 0.2) is 60.7 Å². The Hall–Kier alpha value is -3.62. The lowest BCUT2D eigenvalue weighted by molar-refractivity contribution is 0.692. The van der Waals surface area contributed by atoms with Crippen molar-refractivity contribution in [3.8, 4) is 12.1 Å². The van der Waals surface area contributed by atoms with Gasteiger partial charge in [-0.05, 0) is 92.7 Å². The second-order valence-corrected chi connectivity index (χ2v) is 9.44. The first kappa shape index (κ1) is 22.2. The monoisotopic (exact) mass is 442 g/mol. The Labute approximate surface area is 201 Å². The van der Waals surface area contributed by atoms with Gasteiger partial charge < -0.3 is 0 Å². The minimum absolute atomic E-state index is 0.659. The topological polar surface area (TPSA) is 47.6 Å². The highest BCUT2D eigenvalue weighted by molar-refractivity contribution is 6.33. The van der Waals surface area contributed by atoms with E-state index in [1.165, 1.54) is 54.2 Å². The van der Waals surface area contributed by atoms with E-state index in [1.54, 1.807) is 0 Å². The fourth-order valence-corrected chi connectivity index (χ4v) is 5.66. The molecule has 0 unspecified atom stereocenters. The summed E-state index contributed by atoms with van der Waals surface area (Å²) in [5, 5.41) is 28.5. The zero-order valence-corrected chi connectivity index (χ0v) is 19.7. The molecule has 0 fully saturated rings. The standard InChI is InChI=1S/C32H30N2/c33-21-7-3-1-5-11-23-17-19-29-28-16-10-14-26-24(12-6-2-4-8-22-34)18-20-30(32(26)28)27-15-9-13-25(23)31(27)29/h9-10,13-20H,1-8,11-12H2. The predicted octanol–water partition coefficient (Wildman–Crippen LogP) is 8.99. The highest BCUT2D eigenvalue weighted by Gasteiger charge is 2.15. The van der Waals surface area contributed by atoms with E-state index in [0.717, 1.165) is 51.4 Å². The maximum absolute atomic E-state index is 8.79. The van der Waals surface area contributed by atoms with Gasteiger partial charge in [-0.25, -0.2) is 0 Å². The molecule has 0 aliphatic rings. The first-order valence-electron chi connectivity index (χ1n) is 12.7. The van der Waals surface area contributed by atoms with Crippen molar-refractivity contribution in [1.82, 2.24) is 0 Å². The van der Waals surface area contributed by atoms with Crippen molar-refractivity contribution in [1.29, 1.82) is 10.5 Å². The van der Waals surface area contributed by atoms with E-state index in [9.17, 15) is 0 Å². The minimum atomic E-state index is 0.659. The van der Waals surface area contributed by atoms with Gasteiger partial charge in [0.15, 0.2) is 0 Å². The Morgan fingerprint density at radius 2 is 0.853 bits per heavy atom. The van der Waals surface area contributed by atoms with Gasteiger partial charge in [0.05, 0.1) is 12.1 Å². The molecule has 0 amide bonds. The van der Waals surface area contributed by atoms with Crippen LogP contribution in [0.3, 0.4) is 0 Å². The third-order valence-corrected chi connectivity index (χ3v) is 7.31. The molecule has 0 atom stereocenters. The molecule has 5 rings (SSSR count). The molecule has 0 bridgehead atoms. The van der Waals surface area contributed by atoms with Crippen LogP contribution in [0.2, 0.25) is 0 Å². The van der Waals surface area contributed by atoms with Gasteiger partial charge in [-0.3, -0.25) is 0 Å². The molecule has 0 saturated carbocycles. The molecule has 0 aliphatic heterocycles. The average Bonchev–Trinajstić information content (AvgIpc) is 2.87. The molecular formula is C32H30N2. The van der Waals surface area contributed by atoms with E-state index in [4.69, 9.17) is 10.5 Å². The number of unbranched alkanes of at least 4 members (excludes halogenated alkanes) is 6. The number of nitriles is 2. The van der Waals surface area contributed by atoms with Crippen molar-refractivity contribution in [3.63, 3.8) is 0 Å². The van der Waals surface area contributed by atoms with Crippen LogP contribution in [0.5, 0.6) is 0 Å². The molecule has 2 heteroatoms. The Balaban J connectivity index is 1.58. The smallest absolute Gasteiger partial charge is 0.0621 e. The van der Waals surface area contributed by atoms with Crippen LogP contribution in [0.25, 0.3) is 43.1 Å². The number of fused-ring (bicyclic) bond motifs is 2. The fourth-order valence-electron chi connectivity index (χ4n) is 5.66. The highest BCUT2D eigenvalue weighted by atomic mass is 14.2. The van der Waals surface area contributed by atoms with Gasteiger partial charge in [0.1, 0.15) is 0 Å². The molecule has 5 aromatic carbocycles. The largest absolute Gasteiger partial charge is 0.198 e. The summed E-state index contributed by atoms with van der Waals surface area (Å²) < 4.78 is 0. The first-order valence-corrected chi connectivity index (χ1v) is 12.7. The fraction of sp³-hybridized carbons (Fsp3) is 0.312. The summed E-state index contributed by atoms with van der Waals surface area (Å²) in [6.07, 6.45) is 9.91. The molecule has 0 heterocycles. The molecule has 0 N–H and O–H groups in total. The SMILES string of the molecule is N#CCCCCCc1ccc2c3cccc4c(CCCCCC#N)ccc(c5cccc1c52)c43. The quantitative estimate of drug-likeness (QED) is 0.123. The van der Waals surface area contributed by atoms with Gasteiger partial charge in [-0.1, -0.05) is 73.5 Å². The van der Waals surface area contributed by atoms with E-state index >= 15 is 0 Å². The van der Waals surface area contributed by atoms with Crippen LogP contribution in [0.1, 0.15) is 62.5 Å².